The van der Waals surface area contributed by atoms with Crippen LogP contribution in [0.4, 0.5) is 0 Å². The summed E-state index contributed by atoms with van der Waals surface area (Å²) in [5.74, 6) is 1.19. The lowest BCUT2D eigenvalue weighted by Crippen LogP contribution is -2.03. The highest BCUT2D eigenvalue weighted by molar-refractivity contribution is 6.16. The van der Waals surface area contributed by atoms with Gasteiger partial charge in [-0.1, -0.05) is 0 Å². The predicted molar refractivity (Wildman–Crippen MR) is 69.6 cm³/mol. The summed E-state index contributed by atoms with van der Waals surface area (Å²) >= 11 is 5.95. The highest BCUT2D eigenvalue weighted by Gasteiger charge is 2.12. The molecule has 0 aliphatic rings. The molecule has 3 heterocycles. The normalized spacial score (nSPS) is 11.2. The van der Waals surface area contributed by atoms with E-state index in [9.17, 15) is 0 Å². The molecule has 0 unspecified atom stereocenters. The number of alkyl halides is 1. The molecule has 3 aromatic heterocycles. The van der Waals surface area contributed by atoms with Crippen molar-refractivity contribution in [2.45, 2.75) is 19.3 Å². The second-order valence-corrected chi connectivity index (χ2v) is 4.50. The van der Waals surface area contributed by atoms with Crippen molar-refractivity contribution in [1.29, 1.82) is 0 Å². The van der Waals surface area contributed by atoms with Crippen molar-refractivity contribution < 1.29 is 4.42 Å². The summed E-state index contributed by atoms with van der Waals surface area (Å²) < 4.78 is 7.10. The van der Waals surface area contributed by atoms with Gasteiger partial charge in [0.15, 0.2) is 5.65 Å². The van der Waals surface area contributed by atoms with E-state index in [2.05, 4.69) is 9.97 Å². The van der Waals surface area contributed by atoms with E-state index in [0.29, 0.717) is 12.4 Å². The van der Waals surface area contributed by atoms with Crippen LogP contribution in [-0.4, -0.2) is 14.5 Å². The van der Waals surface area contributed by atoms with Gasteiger partial charge in [0.2, 0.25) is 0 Å². The molecular weight excluding hydrogens is 250 g/mol. The lowest BCUT2D eigenvalue weighted by atomic mass is 10.3. The van der Waals surface area contributed by atoms with E-state index in [1.165, 1.54) is 0 Å². The molecule has 92 valence electrons. The van der Waals surface area contributed by atoms with Gasteiger partial charge < -0.3 is 8.98 Å². The van der Waals surface area contributed by atoms with Crippen LogP contribution in [0.1, 0.15) is 17.0 Å². The van der Waals surface area contributed by atoms with Crippen molar-refractivity contribution in [2.24, 2.45) is 0 Å². The molecule has 0 amide bonds. The van der Waals surface area contributed by atoms with E-state index in [1.54, 1.807) is 12.5 Å². The highest BCUT2D eigenvalue weighted by atomic mass is 35.5. The van der Waals surface area contributed by atoms with Gasteiger partial charge >= 0.3 is 0 Å². The Balaban J connectivity index is 2.13. The Kier molecular flexibility index (Phi) is 2.80. The fourth-order valence-electron chi connectivity index (χ4n) is 1.99. The second kappa shape index (κ2) is 4.46. The van der Waals surface area contributed by atoms with Crippen LogP contribution in [-0.2, 0) is 12.4 Å². The number of rotatable bonds is 3. The number of fused-ring (bicyclic) bond motifs is 1. The maximum atomic E-state index is 5.95. The van der Waals surface area contributed by atoms with Gasteiger partial charge in [-0.3, -0.25) is 0 Å². The van der Waals surface area contributed by atoms with Crippen LogP contribution in [0.25, 0.3) is 11.2 Å². The largest absolute Gasteiger partial charge is 0.472 e. The maximum Gasteiger partial charge on any atom is 0.160 e. The number of aryl methyl sites for hydroxylation is 1. The molecule has 0 aliphatic carbocycles. The zero-order chi connectivity index (χ0) is 12.5. The maximum absolute atomic E-state index is 5.95. The zero-order valence-electron chi connectivity index (χ0n) is 9.93. The van der Waals surface area contributed by atoms with Crippen molar-refractivity contribution in [2.75, 3.05) is 0 Å². The van der Waals surface area contributed by atoms with Crippen molar-refractivity contribution >= 4 is 22.8 Å². The molecule has 0 N–H and O–H groups in total. The SMILES string of the molecule is Cc1cnc2c(c1)nc(CCl)n2Cc1ccoc1. The summed E-state index contributed by atoms with van der Waals surface area (Å²) in [7, 11) is 0. The third kappa shape index (κ3) is 1.88. The van der Waals surface area contributed by atoms with Gasteiger partial charge in [-0.05, 0) is 24.6 Å². The summed E-state index contributed by atoms with van der Waals surface area (Å²) in [6.45, 7) is 2.67. The lowest BCUT2D eigenvalue weighted by molar-refractivity contribution is 0.562. The molecule has 0 aromatic carbocycles. The lowest BCUT2D eigenvalue weighted by Gasteiger charge is -2.04. The minimum atomic E-state index is 0.368. The number of furan rings is 1. The van der Waals surface area contributed by atoms with Crippen molar-refractivity contribution in [1.82, 2.24) is 14.5 Å². The summed E-state index contributed by atoms with van der Waals surface area (Å²) in [5.41, 5.74) is 3.91. The first-order chi connectivity index (χ1) is 8.78. The van der Waals surface area contributed by atoms with E-state index in [-0.39, 0.29) is 0 Å². The van der Waals surface area contributed by atoms with Gasteiger partial charge in [-0.15, -0.1) is 11.6 Å². The molecule has 0 atom stereocenters. The molecule has 0 spiro atoms. The number of hydrogen-bond donors (Lipinski definition) is 0. The van der Waals surface area contributed by atoms with Crippen LogP contribution in [0.2, 0.25) is 0 Å². The zero-order valence-corrected chi connectivity index (χ0v) is 10.7. The minimum absolute atomic E-state index is 0.368. The van der Waals surface area contributed by atoms with Crippen LogP contribution in [0.5, 0.6) is 0 Å². The van der Waals surface area contributed by atoms with Crippen LogP contribution in [0.15, 0.2) is 35.3 Å². The fourth-order valence-corrected chi connectivity index (χ4v) is 2.20. The van der Waals surface area contributed by atoms with Crippen LogP contribution in [0, 0.1) is 6.92 Å². The summed E-state index contributed by atoms with van der Waals surface area (Å²) in [6, 6.07) is 3.95. The number of nitrogens with zero attached hydrogens (tertiary/aromatic N) is 3. The molecule has 3 aromatic rings. The minimum Gasteiger partial charge on any atom is -0.472 e. The third-order valence-electron chi connectivity index (χ3n) is 2.84. The topological polar surface area (TPSA) is 43.9 Å². The smallest absolute Gasteiger partial charge is 0.160 e. The predicted octanol–water partition coefficient (Wildman–Crippen LogP) is 3.12. The van der Waals surface area contributed by atoms with Crippen molar-refractivity contribution in [3.05, 3.63) is 47.8 Å². The molecule has 0 fully saturated rings. The molecule has 0 aliphatic heterocycles. The van der Waals surface area contributed by atoms with E-state index in [1.807, 2.05) is 29.8 Å². The molecule has 5 heteroatoms. The number of halogens is 1. The van der Waals surface area contributed by atoms with E-state index in [0.717, 1.165) is 28.1 Å². The Morgan fingerprint density at radius 3 is 3.06 bits per heavy atom. The second-order valence-electron chi connectivity index (χ2n) is 4.23. The van der Waals surface area contributed by atoms with E-state index < -0.39 is 0 Å². The van der Waals surface area contributed by atoms with Gasteiger partial charge in [-0.2, -0.15) is 0 Å². The molecule has 4 nitrogen and oxygen atoms in total. The molecular formula is C13H12ClN3O. The molecule has 0 radical (unpaired) electrons. The number of hydrogen-bond acceptors (Lipinski definition) is 3. The Bertz CT molecular complexity index is 673. The first-order valence-corrected chi connectivity index (χ1v) is 6.20. The first kappa shape index (κ1) is 11.3. The van der Waals surface area contributed by atoms with Gasteiger partial charge in [-0.25, -0.2) is 9.97 Å². The third-order valence-corrected chi connectivity index (χ3v) is 3.08. The fraction of sp³-hybridized carbons (Fsp3) is 0.231. The summed E-state index contributed by atoms with van der Waals surface area (Å²) in [4.78, 5) is 8.95. The Hall–Kier alpha value is -1.81. The Morgan fingerprint density at radius 2 is 2.33 bits per heavy atom. The van der Waals surface area contributed by atoms with Gasteiger partial charge in [0.05, 0.1) is 25.0 Å². The summed E-state index contributed by atoms with van der Waals surface area (Å²) in [6.07, 6.45) is 5.22. The number of aromatic nitrogens is 3. The quantitative estimate of drug-likeness (QED) is 0.681. The molecule has 18 heavy (non-hydrogen) atoms. The number of pyridine rings is 1. The monoisotopic (exact) mass is 261 g/mol. The molecule has 0 saturated carbocycles. The first-order valence-electron chi connectivity index (χ1n) is 5.66. The average Bonchev–Trinajstić information content (AvgIpc) is 2.97. The molecule has 0 saturated heterocycles. The van der Waals surface area contributed by atoms with Crippen LogP contribution in [0.3, 0.4) is 0 Å². The Morgan fingerprint density at radius 1 is 1.44 bits per heavy atom. The standard InChI is InChI=1S/C13H12ClN3O/c1-9-4-11-13(15-6-9)17(12(5-14)16-11)7-10-2-3-18-8-10/h2-4,6,8H,5,7H2,1H3. The Labute approximate surface area is 109 Å². The summed E-state index contributed by atoms with van der Waals surface area (Å²) in [5, 5.41) is 0. The van der Waals surface area contributed by atoms with E-state index >= 15 is 0 Å². The van der Waals surface area contributed by atoms with Crippen LogP contribution >= 0.6 is 11.6 Å². The van der Waals surface area contributed by atoms with Gasteiger partial charge in [0.25, 0.3) is 0 Å². The van der Waals surface area contributed by atoms with Gasteiger partial charge in [0, 0.05) is 11.8 Å². The molecule has 0 bridgehead atoms. The average molecular weight is 262 g/mol. The highest BCUT2D eigenvalue weighted by Crippen LogP contribution is 2.18. The van der Waals surface area contributed by atoms with Crippen molar-refractivity contribution in [3.63, 3.8) is 0 Å². The van der Waals surface area contributed by atoms with Gasteiger partial charge in [0.1, 0.15) is 11.3 Å². The number of imidazole rings is 1. The molecule has 3 rings (SSSR count). The van der Waals surface area contributed by atoms with E-state index in [4.69, 9.17) is 16.0 Å². The van der Waals surface area contributed by atoms with Crippen molar-refractivity contribution in [3.8, 4) is 0 Å². The van der Waals surface area contributed by atoms with Crippen LogP contribution < -0.4 is 0 Å².